The molecule has 0 aliphatic heterocycles. The standard InChI is InChI=1S/C39H71N2O6P/c1-6-8-10-12-14-15-16-17-18-19-20-21-22-23-24-25-27-29-31-33-39(43)40-37(38(42)32-30-28-26-13-11-9-7-2)36-47-48(44,45)46-35-34-41(3,4)5/h8,10,14-15,17-18,20-21,30,32,37-38,42H,6-7,9,11-13,16,19,22-29,31,33-36H2,1-5H3,(H-,40,43,44,45)/p+1/b10-8-,15-14-,18-17-,21-20-,32-30+. The molecular weight excluding hydrogens is 623 g/mol. The number of carbonyl (C=O) groups is 1. The minimum atomic E-state index is -4.33. The first-order chi connectivity index (χ1) is 23.0. The monoisotopic (exact) mass is 696 g/mol. The highest BCUT2D eigenvalue weighted by Gasteiger charge is 2.27. The summed E-state index contributed by atoms with van der Waals surface area (Å²) in [5, 5.41) is 13.6. The van der Waals surface area contributed by atoms with Crippen molar-refractivity contribution in [3.05, 3.63) is 60.8 Å². The summed E-state index contributed by atoms with van der Waals surface area (Å²) >= 11 is 0. The van der Waals surface area contributed by atoms with Crippen LogP contribution in [0.4, 0.5) is 0 Å². The normalized spacial score (nSPS) is 15.4. The maximum absolute atomic E-state index is 12.7. The molecule has 3 atom stereocenters. The van der Waals surface area contributed by atoms with Crippen molar-refractivity contribution in [1.29, 1.82) is 0 Å². The molecule has 0 bridgehead atoms. The molecule has 0 saturated carbocycles. The summed E-state index contributed by atoms with van der Waals surface area (Å²) in [4.78, 5) is 22.9. The smallest absolute Gasteiger partial charge is 0.387 e. The average molecular weight is 696 g/mol. The molecule has 1 amide bonds. The minimum absolute atomic E-state index is 0.0548. The van der Waals surface area contributed by atoms with E-state index in [9.17, 15) is 19.4 Å². The van der Waals surface area contributed by atoms with Gasteiger partial charge in [-0.15, -0.1) is 0 Å². The molecule has 9 heteroatoms. The predicted octanol–water partition coefficient (Wildman–Crippen LogP) is 9.51. The predicted molar refractivity (Wildman–Crippen MR) is 203 cm³/mol. The lowest BCUT2D eigenvalue weighted by Crippen LogP contribution is -2.45. The summed E-state index contributed by atoms with van der Waals surface area (Å²) in [5.41, 5.74) is 0. The van der Waals surface area contributed by atoms with E-state index >= 15 is 0 Å². The number of unbranched alkanes of at least 4 members (excludes halogenated alkanes) is 11. The SMILES string of the molecule is CC/C=C\C/C=C\C/C=C\C/C=C\CCCCCCCCC(=O)NC(COP(=O)(O)OCC[N+](C)(C)C)C(O)/C=C/CCCCCCC. The van der Waals surface area contributed by atoms with Crippen LogP contribution in [0.15, 0.2) is 60.8 Å². The highest BCUT2D eigenvalue weighted by Crippen LogP contribution is 2.43. The van der Waals surface area contributed by atoms with E-state index in [0.29, 0.717) is 17.4 Å². The average Bonchev–Trinajstić information content (AvgIpc) is 3.02. The Kier molecular flexibility index (Phi) is 30.0. The number of allylic oxidation sites excluding steroid dienone is 9. The number of quaternary nitrogens is 1. The molecule has 0 aromatic carbocycles. The zero-order valence-electron chi connectivity index (χ0n) is 31.2. The van der Waals surface area contributed by atoms with Gasteiger partial charge in [0.05, 0.1) is 39.9 Å². The van der Waals surface area contributed by atoms with Gasteiger partial charge in [0.25, 0.3) is 0 Å². The molecule has 48 heavy (non-hydrogen) atoms. The van der Waals surface area contributed by atoms with Crippen LogP contribution in [-0.4, -0.2) is 73.4 Å². The van der Waals surface area contributed by atoms with Gasteiger partial charge in [-0.1, -0.05) is 126 Å². The lowest BCUT2D eigenvalue weighted by atomic mass is 10.1. The lowest BCUT2D eigenvalue weighted by Gasteiger charge is -2.25. The van der Waals surface area contributed by atoms with Gasteiger partial charge in [0.2, 0.25) is 5.91 Å². The van der Waals surface area contributed by atoms with Gasteiger partial charge in [-0.05, 0) is 57.8 Å². The Morgan fingerprint density at radius 2 is 1.25 bits per heavy atom. The summed E-state index contributed by atoms with van der Waals surface area (Å²) in [7, 11) is 1.54. The number of nitrogens with one attached hydrogen (secondary N) is 1. The highest BCUT2D eigenvalue weighted by atomic mass is 31.2. The fourth-order valence-corrected chi connectivity index (χ4v) is 5.47. The molecule has 3 unspecified atom stereocenters. The summed E-state index contributed by atoms with van der Waals surface area (Å²) in [6.07, 6.45) is 38.7. The van der Waals surface area contributed by atoms with Crippen molar-refractivity contribution in [2.45, 2.75) is 142 Å². The Morgan fingerprint density at radius 3 is 1.83 bits per heavy atom. The van der Waals surface area contributed by atoms with E-state index in [4.69, 9.17) is 9.05 Å². The van der Waals surface area contributed by atoms with E-state index in [2.05, 4.69) is 67.8 Å². The number of phosphoric ester groups is 1. The number of nitrogens with zero attached hydrogens (tertiary/aromatic N) is 1. The fourth-order valence-electron chi connectivity index (χ4n) is 4.73. The van der Waals surface area contributed by atoms with Crippen LogP contribution in [-0.2, 0) is 18.4 Å². The van der Waals surface area contributed by atoms with Gasteiger partial charge >= 0.3 is 7.82 Å². The zero-order valence-corrected chi connectivity index (χ0v) is 32.1. The van der Waals surface area contributed by atoms with Gasteiger partial charge < -0.3 is 19.8 Å². The third kappa shape index (κ3) is 32.7. The number of aliphatic hydroxyl groups is 1. The van der Waals surface area contributed by atoms with E-state index in [0.717, 1.165) is 77.0 Å². The Bertz CT molecular complexity index is 970. The molecule has 0 rings (SSSR count). The molecule has 3 N–H and O–H groups in total. The highest BCUT2D eigenvalue weighted by molar-refractivity contribution is 7.47. The molecule has 0 aromatic rings. The van der Waals surface area contributed by atoms with Crippen molar-refractivity contribution in [2.75, 3.05) is 40.9 Å². The number of likely N-dealkylation sites (N-methyl/N-ethyl adjacent to an activating group) is 1. The van der Waals surface area contributed by atoms with Gasteiger partial charge in [0.15, 0.2) is 0 Å². The van der Waals surface area contributed by atoms with Crippen molar-refractivity contribution in [3.8, 4) is 0 Å². The largest absolute Gasteiger partial charge is 0.472 e. The van der Waals surface area contributed by atoms with Crippen molar-refractivity contribution in [2.24, 2.45) is 0 Å². The van der Waals surface area contributed by atoms with Crippen LogP contribution in [0.25, 0.3) is 0 Å². The van der Waals surface area contributed by atoms with Crippen molar-refractivity contribution >= 4 is 13.7 Å². The first-order valence-corrected chi connectivity index (χ1v) is 20.2. The molecule has 278 valence electrons. The first kappa shape index (κ1) is 46.2. The number of hydrogen-bond acceptors (Lipinski definition) is 5. The van der Waals surface area contributed by atoms with Crippen LogP contribution >= 0.6 is 7.82 Å². The van der Waals surface area contributed by atoms with Crippen LogP contribution in [0, 0.1) is 0 Å². The third-order valence-electron chi connectivity index (χ3n) is 7.74. The van der Waals surface area contributed by atoms with Crippen LogP contribution in [0.1, 0.15) is 129 Å². The number of rotatable bonds is 32. The van der Waals surface area contributed by atoms with E-state index in [1.165, 1.54) is 32.1 Å². The molecule has 8 nitrogen and oxygen atoms in total. The number of amides is 1. The number of hydrogen-bond donors (Lipinski definition) is 3. The first-order valence-electron chi connectivity index (χ1n) is 18.7. The van der Waals surface area contributed by atoms with Crippen molar-refractivity contribution < 1.29 is 32.9 Å². The topological polar surface area (TPSA) is 105 Å². The maximum atomic E-state index is 12.7. The molecule has 0 fully saturated rings. The van der Waals surface area contributed by atoms with Gasteiger partial charge in [-0.2, -0.15) is 0 Å². The molecule has 0 radical (unpaired) electrons. The quantitative estimate of drug-likeness (QED) is 0.0280. The lowest BCUT2D eigenvalue weighted by molar-refractivity contribution is -0.870. The number of carbonyl (C=O) groups excluding carboxylic acids is 1. The number of phosphoric acid groups is 1. The van der Waals surface area contributed by atoms with Crippen LogP contribution in [0.2, 0.25) is 0 Å². The van der Waals surface area contributed by atoms with Crippen LogP contribution < -0.4 is 5.32 Å². The number of aliphatic hydroxyl groups excluding tert-OH is 1. The molecular formula is C39H72N2O6P+. The van der Waals surface area contributed by atoms with E-state index < -0.39 is 20.0 Å². The van der Waals surface area contributed by atoms with Gasteiger partial charge in [0, 0.05) is 6.42 Å². The second-order valence-electron chi connectivity index (χ2n) is 13.6. The van der Waals surface area contributed by atoms with Gasteiger partial charge in [-0.25, -0.2) is 4.57 Å². The van der Waals surface area contributed by atoms with Crippen LogP contribution in [0.5, 0.6) is 0 Å². The maximum Gasteiger partial charge on any atom is 0.472 e. The summed E-state index contributed by atoms with van der Waals surface area (Å²) < 4.78 is 23.3. The van der Waals surface area contributed by atoms with Gasteiger partial charge in [0.1, 0.15) is 13.2 Å². The van der Waals surface area contributed by atoms with E-state index in [-0.39, 0.29) is 19.1 Å². The van der Waals surface area contributed by atoms with E-state index in [1.807, 2.05) is 27.2 Å². The minimum Gasteiger partial charge on any atom is -0.387 e. The van der Waals surface area contributed by atoms with E-state index in [1.54, 1.807) is 6.08 Å². The van der Waals surface area contributed by atoms with Crippen molar-refractivity contribution in [1.82, 2.24) is 5.32 Å². The summed E-state index contributed by atoms with van der Waals surface area (Å²) in [5.74, 6) is -0.200. The van der Waals surface area contributed by atoms with Crippen LogP contribution in [0.3, 0.4) is 0 Å². The Hall–Kier alpha value is -1.80. The Balaban J connectivity index is 4.41. The van der Waals surface area contributed by atoms with Gasteiger partial charge in [-0.3, -0.25) is 13.8 Å². The third-order valence-corrected chi connectivity index (χ3v) is 8.73. The molecule has 0 aliphatic carbocycles. The Labute approximate surface area is 294 Å². The molecule has 0 saturated heterocycles. The second kappa shape index (κ2) is 31.2. The summed E-state index contributed by atoms with van der Waals surface area (Å²) in [6.45, 7) is 4.59. The molecule has 0 aromatic heterocycles. The fraction of sp³-hybridized carbons (Fsp3) is 0.718. The summed E-state index contributed by atoms with van der Waals surface area (Å²) in [6, 6.07) is -0.852. The Morgan fingerprint density at radius 1 is 0.729 bits per heavy atom. The molecule has 0 spiro atoms. The van der Waals surface area contributed by atoms with Crippen molar-refractivity contribution in [3.63, 3.8) is 0 Å². The molecule has 0 aliphatic rings. The second-order valence-corrected chi connectivity index (χ2v) is 15.0. The molecule has 0 heterocycles. The zero-order chi connectivity index (χ0) is 35.8.